The molecule has 0 bridgehead atoms. The van der Waals surface area contributed by atoms with Crippen LogP contribution in [-0.4, -0.2) is 6.18 Å². The fourth-order valence-corrected chi connectivity index (χ4v) is 2.24. The SMILES string of the molecule is FC(F)(F)C1=c2ccccc2=C[P]1. The van der Waals surface area contributed by atoms with Crippen LogP contribution in [0.1, 0.15) is 0 Å². The van der Waals surface area contributed by atoms with E-state index in [1.165, 1.54) is 6.07 Å². The summed E-state index contributed by atoms with van der Waals surface area (Å²) in [6, 6.07) is 6.57. The summed E-state index contributed by atoms with van der Waals surface area (Å²) in [5, 5.41) is 0.538. The molecular formula is C9H5F3P. The zero-order valence-corrected chi connectivity index (χ0v) is 7.36. The van der Waals surface area contributed by atoms with E-state index >= 15 is 0 Å². The number of rotatable bonds is 0. The molecule has 2 rings (SSSR count). The number of alkyl halides is 3. The second-order valence-electron chi connectivity index (χ2n) is 2.69. The van der Waals surface area contributed by atoms with Crippen molar-refractivity contribution in [3.63, 3.8) is 0 Å². The van der Waals surface area contributed by atoms with Gasteiger partial charge < -0.3 is 0 Å². The molecule has 0 nitrogen and oxygen atoms in total. The van der Waals surface area contributed by atoms with Crippen LogP contribution >= 0.6 is 8.58 Å². The Morgan fingerprint density at radius 1 is 1.08 bits per heavy atom. The molecule has 0 unspecified atom stereocenters. The largest absolute Gasteiger partial charge is 0.418 e. The maximum atomic E-state index is 12.4. The van der Waals surface area contributed by atoms with Gasteiger partial charge in [0, 0.05) is 0 Å². The Morgan fingerprint density at radius 3 is 2.46 bits per heavy atom. The number of halogens is 3. The Morgan fingerprint density at radius 2 is 1.77 bits per heavy atom. The van der Waals surface area contributed by atoms with Crippen LogP contribution in [0.15, 0.2) is 24.3 Å². The highest BCUT2D eigenvalue weighted by Crippen LogP contribution is 2.41. The molecule has 1 aliphatic heterocycles. The lowest BCUT2D eigenvalue weighted by atomic mass is 10.2. The van der Waals surface area contributed by atoms with Crippen LogP contribution in [0.3, 0.4) is 0 Å². The van der Waals surface area contributed by atoms with Crippen LogP contribution in [-0.2, 0) is 0 Å². The van der Waals surface area contributed by atoms with E-state index in [1.54, 1.807) is 24.0 Å². The maximum absolute atomic E-state index is 12.4. The van der Waals surface area contributed by atoms with Crippen molar-refractivity contribution in [3.8, 4) is 0 Å². The number of fused-ring (bicyclic) bond motifs is 1. The molecule has 67 valence electrons. The topological polar surface area (TPSA) is 0 Å². The van der Waals surface area contributed by atoms with Gasteiger partial charge in [-0.05, 0) is 24.8 Å². The summed E-state index contributed by atoms with van der Waals surface area (Å²) in [6.07, 6.45) is -4.20. The van der Waals surface area contributed by atoms with Crippen LogP contribution in [0.2, 0.25) is 0 Å². The van der Waals surface area contributed by atoms with E-state index in [4.69, 9.17) is 0 Å². The zero-order chi connectivity index (χ0) is 9.47. The van der Waals surface area contributed by atoms with Crippen LogP contribution in [0.25, 0.3) is 11.1 Å². The molecule has 0 aliphatic carbocycles. The van der Waals surface area contributed by atoms with E-state index in [0.29, 0.717) is 10.4 Å². The first kappa shape index (κ1) is 8.76. The minimum Gasteiger partial charge on any atom is -0.166 e. The lowest BCUT2D eigenvalue weighted by molar-refractivity contribution is -0.0661. The Bertz CT molecular complexity index is 445. The smallest absolute Gasteiger partial charge is 0.166 e. The third-order valence-corrected chi connectivity index (χ3v) is 2.98. The molecule has 0 fully saturated rings. The Kier molecular flexibility index (Phi) is 1.92. The van der Waals surface area contributed by atoms with Gasteiger partial charge in [-0.3, -0.25) is 0 Å². The first-order valence-electron chi connectivity index (χ1n) is 3.66. The van der Waals surface area contributed by atoms with Crippen LogP contribution < -0.4 is 10.4 Å². The minimum atomic E-state index is -4.20. The zero-order valence-electron chi connectivity index (χ0n) is 6.47. The van der Waals surface area contributed by atoms with Crippen LogP contribution in [0.5, 0.6) is 0 Å². The van der Waals surface area contributed by atoms with Gasteiger partial charge in [-0.2, -0.15) is 13.2 Å². The minimum absolute atomic E-state index is 0.250. The summed E-state index contributed by atoms with van der Waals surface area (Å²) in [4.78, 5) is 0. The highest BCUT2D eigenvalue weighted by atomic mass is 31.1. The third-order valence-electron chi connectivity index (χ3n) is 1.82. The molecule has 0 N–H and O–H groups in total. The van der Waals surface area contributed by atoms with Crippen molar-refractivity contribution in [1.29, 1.82) is 0 Å². The van der Waals surface area contributed by atoms with Crippen molar-refractivity contribution < 1.29 is 13.2 Å². The standard InChI is InChI=1S/C9H5F3P/c10-9(11,12)8-7-4-2-1-3-6(7)5-13-8/h1-5H. The van der Waals surface area contributed by atoms with Crippen molar-refractivity contribution in [2.24, 2.45) is 0 Å². The molecule has 1 heterocycles. The average Bonchev–Trinajstić information content (AvgIpc) is 2.45. The molecule has 0 amide bonds. The molecule has 4 heteroatoms. The summed E-state index contributed by atoms with van der Waals surface area (Å²) < 4.78 is 37.1. The van der Waals surface area contributed by atoms with Crippen LogP contribution in [0.4, 0.5) is 13.2 Å². The Labute approximate surface area is 74.6 Å². The van der Waals surface area contributed by atoms with Crippen molar-refractivity contribution >= 4 is 19.7 Å². The van der Waals surface area contributed by atoms with Gasteiger partial charge in [-0.1, -0.05) is 24.3 Å². The molecular weight excluding hydrogens is 196 g/mol. The fraction of sp³-hybridized carbons (Fsp3) is 0.111. The van der Waals surface area contributed by atoms with Crippen LogP contribution in [0, 0.1) is 0 Å². The summed E-state index contributed by atoms with van der Waals surface area (Å²) in [7, 11) is 0.250. The summed E-state index contributed by atoms with van der Waals surface area (Å²) >= 11 is 0. The van der Waals surface area contributed by atoms with Gasteiger partial charge in [-0.15, -0.1) is 0 Å². The second kappa shape index (κ2) is 2.85. The fourth-order valence-electron chi connectivity index (χ4n) is 1.25. The molecule has 1 aliphatic rings. The van der Waals surface area contributed by atoms with E-state index < -0.39 is 11.5 Å². The highest BCUT2D eigenvalue weighted by molar-refractivity contribution is 7.58. The first-order chi connectivity index (χ1) is 6.09. The number of hydrogen-bond acceptors (Lipinski definition) is 0. The van der Waals surface area contributed by atoms with Gasteiger partial charge in [0.05, 0.1) is 5.31 Å². The molecule has 1 aromatic rings. The number of hydrogen-bond donors (Lipinski definition) is 0. The lowest BCUT2D eigenvalue weighted by Crippen LogP contribution is -2.26. The van der Waals surface area contributed by atoms with Crippen molar-refractivity contribution in [1.82, 2.24) is 0 Å². The predicted molar refractivity (Wildman–Crippen MR) is 46.5 cm³/mol. The van der Waals surface area contributed by atoms with Crippen molar-refractivity contribution in [2.75, 3.05) is 0 Å². The van der Waals surface area contributed by atoms with Crippen molar-refractivity contribution in [2.45, 2.75) is 6.18 Å². The highest BCUT2D eigenvalue weighted by Gasteiger charge is 2.35. The Hall–Kier alpha value is -0.820. The predicted octanol–water partition coefficient (Wildman–Crippen LogP) is 2.05. The normalized spacial score (nSPS) is 17.3. The molecule has 1 radical (unpaired) electrons. The van der Waals surface area contributed by atoms with E-state index in [2.05, 4.69) is 0 Å². The Balaban J connectivity index is 2.75. The summed E-state index contributed by atoms with van der Waals surface area (Å²) in [5.74, 6) is 1.58. The van der Waals surface area contributed by atoms with E-state index in [9.17, 15) is 13.2 Å². The quantitative estimate of drug-likeness (QED) is 0.563. The molecule has 0 saturated heterocycles. The van der Waals surface area contributed by atoms with Gasteiger partial charge >= 0.3 is 6.18 Å². The van der Waals surface area contributed by atoms with Crippen molar-refractivity contribution in [3.05, 3.63) is 34.7 Å². The molecule has 1 aromatic carbocycles. The molecule has 13 heavy (non-hydrogen) atoms. The molecule has 0 atom stereocenters. The van der Waals surface area contributed by atoms with Gasteiger partial charge in [0.15, 0.2) is 0 Å². The third kappa shape index (κ3) is 1.49. The second-order valence-corrected chi connectivity index (χ2v) is 3.66. The molecule has 0 saturated carbocycles. The lowest BCUT2D eigenvalue weighted by Gasteiger charge is -2.05. The maximum Gasteiger partial charge on any atom is 0.418 e. The van der Waals surface area contributed by atoms with Gasteiger partial charge in [-0.25, -0.2) is 0 Å². The van der Waals surface area contributed by atoms with E-state index in [0.717, 1.165) is 0 Å². The van der Waals surface area contributed by atoms with E-state index in [-0.39, 0.29) is 8.58 Å². The van der Waals surface area contributed by atoms with Gasteiger partial charge in [0.2, 0.25) is 0 Å². The first-order valence-corrected chi connectivity index (χ1v) is 4.63. The monoisotopic (exact) mass is 201 g/mol. The number of benzene rings is 1. The summed E-state index contributed by atoms with van der Waals surface area (Å²) in [5.41, 5.74) is 0. The average molecular weight is 201 g/mol. The summed E-state index contributed by atoms with van der Waals surface area (Å²) in [6.45, 7) is 0. The van der Waals surface area contributed by atoms with Gasteiger partial charge in [0.25, 0.3) is 0 Å². The molecule has 0 spiro atoms. The molecule has 0 aromatic heterocycles. The van der Waals surface area contributed by atoms with E-state index in [1.807, 2.05) is 0 Å². The van der Waals surface area contributed by atoms with Gasteiger partial charge in [0.1, 0.15) is 0 Å².